The number of carbonyl (C=O) groups excluding carboxylic acids is 5. The van der Waals surface area contributed by atoms with Crippen molar-refractivity contribution in [2.24, 2.45) is 15.9 Å². The van der Waals surface area contributed by atoms with Crippen LogP contribution in [0.5, 0.6) is 5.75 Å². The maximum absolute atomic E-state index is 14.6. The molecular weight excluding hydrogens is 680 g/mol. The van der Waals surface area contributed by atoms with Crippen LogP contribution in [0.25, 0.3) is 0 Å². The molecule has 0 bridgehead atoms. The number of nitrogens with two attached hydrogens (primary N) is 1. The lowest BCUT2D eigenvalue weighted by Crippen LogP contribution is -2.67. The van der Waals surface area contributed by atoms with E-state index in [1.54, 1.807) is 31.4 Å². The number of hydrazone groups is 2. The molecule has 3 atom stereocenters. The number of amides is 6. The van der Waals surface area contributed by atoms with Gasteiger partial charge in [0.1, 0.15) is 23.8 Å². The fraction of sp³-hybridized carbons (Fsp3) is 0.265. The van der Waals surface area contributed by atoms with Crippen molar-refractivity contribution in [3.8, 4) is 5.75 Å². The molecule has 3 aromatic rings. The molecule has 3 fully saturated rings. The van der Waals surface area contributed by atoms with Crippen LogP contribution in [-0.2, 0) is 25.7 Å². The third kappa shape index (κ3) is 7.42. The van der Waals surface area contributed by atoms with Crippen LogP contribution in [0.1, 0.15) is 22.8 Å². The Hall–Kier alpha value is -6.10. The number of alkyl carbamates (subject to hydrolysis) is 1. The number of esters is 1. The van der Waals surface area contributed by atoms with Crippen molar-refractivity contribution < 1.29 is 38.2 Å². The number of β-lactam (4-membered cyclic amide) rings is 1. The molecule has 3 saturated heterocycles. The van der Waals surface area contributed by atoms with Crippen molar-refractivity contribution in [2.75, 3.05) is 26.7 Å². The Balaban J connectivity index is 1.23. The first-order chi connectivity index (χ1) is 24.7. The van der Waals surface area contributed by atoms with Crippen molar-refractivity contribution in [1.82, 2.24) is 25.6 Å². The van der Waals surface area contributed by atoms with Gasteiger partial charge < -0.3 is 30.2 Å². The number of thioether (sulfide) groups is 1. The van der Waals surface area contributed by atoms with Gasteiger partial charge in [-0.3, -0.25) is 9.69 Å². The van der Waals surface area contributed by atoms with Crippen molar-refractivity contribution in [3.05, 3.63) is 102 Å². The summed E-state index contributed by atoms with van der Waals surface area (Å²) in [6, 6.07) is 22.8. The minimum absolute atomic E-state index is 0.0448. The minimum atomic E-state index is -1.70. The van der Waals surface area contributed by atoms with Gasteiger partial charge in [0.15, 0.2) is 6.10 Å². The molecule has 0 saturated carbocycles. The van der Waals surface area contributed by atoms with Gasteiger partial charge in [0, 0.05) is 6.54 Å². The van der Waals surface area contributed by atoms with E-state index in [1.165, 1.54) is 16.0 Å². The number of benzene rings is 3. The summed E-state index contributed by atoms with van der Waals surface area (Å²) in [5, 5.41) is 10.7. The normalized spacial score (nSPS) is 21.2. The van der Waals surface area contributed by atoms with E-state index in [1.807, 2.05) is 66.1 Å². The minimum Gasteiger partial charge on any atom is -0.497 e. The molecule has 6 amide bonds. The second kappa shape index (κ2) is 15.2. The average Bonchev–Trinajstić information content (AvgIpc) is 3.71. The van der Waals surface area contributed by atoms with Gasteiger partial charge in [-0.25, -0.2) is 29.6 Å². The zero-order chi connectivity index (χ0) is 36.0. The highest BCUT2D eigenvalue weighted by molar-refractivity contribution is 8.02. The van der Waals surface area contributed by atoms with Gasteiger partial charge in [0.05, 0.1) is 32.6 Å². The van der Waals surface area contributed by atoms with Crippen LogP contribution in [0.15, 0.2) is 95.1 Å². The van der Waals surface area contributed by atoms with Crippen molar-refractivity contribution in [1.29, 1.82) is 0 Å². The number of rotatable bonds is 12. The van der Waals surface area contributed by atoms with E-state index in [-0.39, 0.29) is 26.2 Å². The maximum Gasteiger partial charge on any atom is 0.408 e. The second-order valence-corrected chi connectivity index (χ2v) is 12.9. The van der Waals surface area contributed by atoms with Gasteiger partial charge in [-0.05, 0) is 28.8 Å². The summed E-state index contributed by atoms with van der Waals surface area (Å²) in [5.74, 6) is -0.536. The first-order valence-electron chi connectivity index (χ1n) is 15.8. The zero-order valence-electron chi connectivity index (χ0n) is 27.3. The molecule has 6 rings (SSSR count). The van der Waals surface area contributed by atoms with Gasteiger partial charge in [0.25, 0.3) is 0 Å². The van der Waals surface area contributed by atoms with E-state index in [9.17, 15) is 24.0 Å². The SMILES string of the molecule is COc1ccc(COC(=O)N[C@@H]2C(=O)N3C[C@@](C(=O)OC(c4ccccc4)c4ccccc4)(N4CCN(/N=C/C=N/NC(N)=O)C4=O)S[C@H]23)cc1. The molecule has 0 spiro atoms. The number of ether oxygens (including phenoxy) is 3. The van der Waals surface area contributed by atoms with E-state index in [0.717, 1.165) is 23.0 Å². The van der Waals surface area contributed by atoms with Gasteiger partial charge in [-0.15, -0.1) is 0 Å². The van der Waals surface area contributed by atoms with E-state index in [0.29, 0.717) is 22.4 Å². The first kappa shape index (κ1) is 34.8. The van der Waals surface area contributed by atoms with Crippen molar-refractivity contribution in [3.63, 3.8) is 0 Å². The monoisotopic (exact) mass is 714 g/mol. The predicted molar refractivity (Wildman–Crippen MR) is 185 cm³/mol. The summed E-state index contributed by atoms with van der Waals surface area (Å²) in [4.78, 5) is 66.5. The lowest BCUT2D eigenvalue weighted by Gasteiger charge is -2.40. The number of methoxy groups -OCH3 is 1. The van der Waals surface area contributed by atoms with E-state index >= 15 is 0 Å². The fourth-order valence-corrected chi connectivity index (χ4v) is 7.51. The van der Waals surface area contributed by atoms with Gasteiger partial charge in [-0.2, -0.15) is 10.2 Å². The molecule has 3 aromatic carbocycles. The summed E-state index contributed by atoms with van der Waals surface area (Å²) >= 11 is 1.04. The highest BCUT2D eigenvalue weighted by Gasteiger charge is 2.67. The molecule has 3 heterocycles. The third-order valence-corrected chi connectivity index (χ3v) is 10.0. The zero-order valence-corrected chi connectivity index (χ0v) is 28.1. The van der Waals surface area contributed by atoms with Crippen LogP contribution >= 0.6 is 11.8 Å². The molecule has 264 valence electrons. The Morgan fingerprint density at radius 2 is 1.65 bits per heavy atom. The number of nitrogens with zero attached hydrogens (tertiary/aromatic N) is 5. The van der Waals surface area contributed by atoms with Gasteiger partial charge in [-0.1, -0.05) is 84.6 Å². The number of primary amides is 1. The van der Waals surface area contributed by atoms with Gasteiger partial charge in [0.2, 0.25) is 10.8 Å². The standard InChI is InChI=1S/C34H34N8O8S/c1-48-25-14-12-22(13-15-25)20-49-32(46)38-26-28(43)40-21-34(51-29(26)40,41-18-19-42(33(41)47)37-17-16-36-39-31(35)45)30(44)50-27(23-8-4-2-5-9-23)24-10-6-3-7-11-24/h2-17,26-27,29H,18-21H2,1H3,(H,38,46)(H3,35,39,45)/b36-16+,37-17+/t26-,29-,34-/m1/s1. The topological polar surface area (TPSA) is 198 Å². The summed E-state index contributed by atoms with van der Waals surface area (Å²) in [7, 11) is 1.55. The molecule has 17 heteroatoms. The molecule has 3 aliphatic rings. The lowest BCUT2D eigenvalue weighted by atomic mass is 10.0. The fourth-order valence-electron chi connectivity index (χ4n) is 5.83. The van der Waals surface area contributed by atoms with Crippen LogP contribution in [0, 0.1) is 0 Å². The van der Waals surface area contributed by atoms with E-state index < -0.39 is 52.4 Å². The average molecular weight is 715 g/mol. The largest absolute Gasteiger partial charge is 0.497 e. The summed E-state index contributed by atoms with van der Waals surface area (Å²) in [6.07, 6.45) is 0.666. The Morgan fingerprint density at radius 3 is 2.27 bits per heavy atom. The predicted octanol–water partition coefficient (Wildman–Crippen LogP) is 2.61. The highest BCUT2D eigenvalue weighted by Crippen LogP contribution is 2.51. The number of urea groups is 2. The second-order valence-electron chi connectivity index (χ2n) is 11.5. The Bertz CT molecular complexity index is 1790. The van der Waals surface area contributed by atoms with E-state index in [4.69, 9.17) is 19.9 Å². The summed E-state index contributed by atoms with van der Waals surface area (Å²) in [5.41, 5.74) is 9.14. The molecule has 16 nitrogen and oxygen atoms in total. The third-order valence-electron chi connectivity index (χ3n) is 8.34. The summed E-state index contributed by atoms with van der Waals surface area (Å²) < 4.78 is 16.8. The van der Waals surface area contributed by atoms with Crippen LogP contribution in [0.3, 0.4) is 0 Å². The van der Waals surface area contributed by atoms with E-state index in [2.05, 4.69) is 15.5 Å². The van der Waals surface area contributed by atoms with Crippen LogP contribution in [0.4, 0.5) is 14.4 Å². The van der Waals surface area contributed by atoms with Crippen LogP contribution < -0.4 is 21.2 Å². The molecular formula is C34H34N8O8S. The molecule has 3 aliphatic heterocycles. The maximum atomic E-state index is 14.6. The van der Waals surface area contributed by atoms with Crippen LogP contribution in [0.2, 0.25) is 0 Å². The number of fused-ring (bicyclic) bond motifs is 1. The highest BCUT2D eigenvalue weighted by atomic mass is 32.2. The first-order valence-corrected chi connectivity index (χ1v) is 16.6. The number of carbonyl (C=O) groups is 5. The molecule has 4 N–H and O–H groups in total. The van der Waals surface area contributed by atoms with Crippen molar-refractivity contribution in [2.45, 2.75) is 29.0 Å². The summed E-state index contributed by atoms with van der Waals surface area (Å²) in [6.45, 7) is -0.0761. The lowest BCUT2D eigenvalue weighted by molar-refractivity contribution is -0.157. The Labute approximate surface area is 296 Å². The van der Waals surface area contributed by atoms with Crippen LogP contribution in [-0.4, -0.2) is 100 Å². The Morgan fingerprint density at radius 1 is 0.980 bits per heavy atom. The number of hydrogen-bond donors (Lipinski definition) is 3. The van der Waals surface area contributed by atoms with Gasteiger partial charge >= 0.3 is 24.1 Å². The van der Waals surface area contributed by atoms with Crippen molar-refractivity contribution >= 4 is 54.2 Å². The molecule has 0 unspecified atom stereocenters. The quantitative estimate of drug-likeness (QED) is 0.109. The smallest absolute Gasteiger partial charge is 0.408 e. The molecule has 0 aliphatic carbocycles. The molecule has 0 aromatic heterocycles. The molecule has 51 heavy (non-hydrogen) atoms. The Kier molecular flexibility index (Phi) is 10.4. The number of hydrogen-bond acceptors (Lipinski definition) is 11. The number of nitrogens with one attached hydrogen (secondary N) is 2. The molecule has 0 radical (unpaired) electrons.